The summed E-state index contributed by atoms with van der Waals surface area (Å²) in [4.78, 5) is 12.7. The normalized spacial score (nSPS) is 20.4. The van der Waals surface area contributed by atoms with Crippen LogP contribution in [-0.4, -0.2) is 25.8 Å². The molecule has 0 spiro atoms. The van der Waals surface area contributed by atoms with E-state index >= 15 is 0 Å². The number of rotatable bonds is 6. The first kappa shape index (κ1) is 22.7. The van der Waals surface area contributed by atoms with Gasteiger partial charge < -0.3 is 14.8 Å². The van der Waals surface area contributed by atoms with E-state index in [9.17, 15) is 4.79 Å². The highest BCUT2D eigenvalue weighted by atomic mass is 16.5. The molecule has 0 bridgehead atoms. The van der Waals surface area contributed by atoms with Gasteiger partial charge in [0.25, 0.3) is 5.91 Å². The van der Waals surface area contributed by atoms with Crippen LogP contribution < -0.4 is 20.2 Å². The van der Waals surface area contributed by atoms with Gasteiger partial charge in [-0.15, -0.1) is 0 Å². The van der Waals surface area contributed by atoms with Gasteiger partial charge in [-0.3, -0.25) is 4.79 Å². The lowest BCUT2D eigenvalue weighted by Gasteiger charge is -2.37. The van der Waals surface area contributed by atoms with E-state index in [1.165, 1.54) is 11.1 Å². The van der Waals surface area contributed by atoms with Gasteiger partial charge in [-0.1, -0.05) is 48.6 Å². The fourth-order valence-electron chi connectivity index (χ4n) is 5.05. The monoisotopic (exact) mass is 467 g/mol. The fraction of sp³-hybridized carbons (Fsp3) is 0.241. The molecule has 1 amide bonds. The number of carbonyl (C=O) groups is 1. The van der Waals surface area contributed by atoms with Crippen LogP contribution in [0.4, 0.5) is 5.69 Å². The second-order valence-electron chi connectivity index (χ2n) is 8.90. The lowest BCUT2D eigenvalue weighted by atomic mass is 9.76. The SMILES string of the molecule is COc1ccc(C(=O)N/N=C(\C)c2ccc3c(c2)[C@@H]2C=CC[C@@H]2[C@H](c2ccccc2)N3)cc1OC. The molecule has 1 aliphatic heterocycles. The summed E-state index contributed by atoms with van der Waals surface area (Å²) in [5.74, 6) is 1.58. The number of allylic oxidation sites excluding steroid dienone is 2. The van der Waals surface area contributed by atoms with E-state index in [0.29, 0.717) is 28.9 Å². The Morgan fingerprint density at radius 2 is 1.74 bits per heavy atom. The third kappa shape index (κ3) is 4.39. The second kappa shape index (κ2) is 9.66. The minimum atomic E-state index is -0.311. The van der Waals surface area contributed by atoms with Crippen molar-refractivity contribution in [1.82, 2.24) is 5.43 Å². The second-order valence-corrected chi connectivity index (χ2v) is 8.90. The van der Waals surface area contributed by atoms with Crippen LogP contribution in [-0.2, 0) is 0 Å². The molecule has 3 aromatic carbocycles. The molecule has 0 fully saturated rings. The Morgan fingerprint density at radius 1 is 0.971 bits per heavy atom. The lowest BCUT2D eigenvalue weighted by molar-refractivity contribution is 0.0954. The van der Waals surface area contributed by atoms with Gasteiger partial charge in [-0.05, 0) is 66.3 Å². The van der Waals surface area contributed by atoms with Gasteiger partial charge in [0.15, 0.2) is 11.5 Å². The molecule has 3 atom stereocenters. The van der Waals surface area contributed by atoms with Crippen LogP contribution in [0.15, 0.2) is 84.0 Å². The summed E-state index contributed by atoms with van der Waals surface area (Å²) in [5, 5.41) is 8.14. The molecule has 0 saturated carbocycles. The largest absolute Gasteiger partial charge is 0.493 e. The van der Waals surface area contributed by atoms with Crippen molar-refractivity contribution in [3.05, 3.63) is 101 Å². The zero-order valence-corrected chi connectivity index (χ0v) is 20.1. The predicted molar refractivity (Wildman–Crippen MR) is 138 cm³/mol. The summed E-state index contributed by atoms with van der Waals surface area (Å²) in [6, 6.07) is 22.3. The number of fused-ring (bicyclic) bond motifs is 3. The number of benzene rings is 3. The lowest BCUT2D eigenvalue weighted by Crippen LogP contribution is -2.29. The van der Waals surface area contributed by atoms with Gasteiger partial charge in [0.2, 0.25) is 0 Å². The van der Waals surface area contributed by atoms with Crippen LogP contribution in [0.3, 0.4) is 0 Å². The van der Waals surface area contributed by atoms with Crippen LogP contribution in [0.1, 0.15) is 52.4 Å². The molecule has 0 unspecified atom stereocenters. The van der Waals surface area contributed by atoms with Crippen molar-refractivity contribution in [3.8, 4) is 11.5 Å². The molecule has 0 saturated heterocycles. The number of amides is 1. The Balaban J connectivity index is 1.36. The van der Waals surface area contributed by atoms with E-state index in [0.717, 1.165) is 23.4 Å². The van der Waals surface area contributed by atoms with Crippen LogP contribution in [0.25, 0.3) is 0 Å². The molecule has 2 N–H and O–H groups in total. The molecule has 3 aromatic rings. The van der Waals surface area contributed by atoms with Gasteiger partial charge in [0.05, 0.1) is 26.0 Å². The quantitative estimate of drug-likeness (QED) is 0.278. The smallest absolute Gasteiger partial charge is 0.271 e. The molecular formula is C29H29N3O3. The summed E-state index contributed by atoms with van der Waals surface area (Å²) in [7, 11) is 3.10. The molecule has 178 valence electrons. The number of methoxy groups -OCH3 is 2. The Kier molecular flexibility index (Phi) is 6.27. The first-order valence-electron chi connectivity index (χ1n) is 11.8. The van der Waals surface area contributed by atoms with Crippen molar-refractivity contribution < 1.29 is 14.3 Å². The van der Waals surface area contributed by atoms with E-state index in [2.05, 4.69) is 70.5 Å². The Labute approximate surface area is 205 Å². The molecule has 0 aromatic heterocycles. The zero-order chi connectivity index (χ0) is 24.4. The Morgan fingerprint density at radius 3 is 2.51 bits per heavy atom. The molecule has 0 radical (unpaired) electrons. The van der Waals surface area contributed by atoms with E-state index < -0.39 is 0 Å². The van der Waals surface area contributed by atoms with Crippen molar-refractivity contribution in [1.29, 1.82) is 0 Å². The maximum Gasteiger partial charge on any atom is 0.271 e. The van der Waals surface area contributed by atoms with E-state index in [4.69, 9.17) is 9.47 Å². The number of anilines is 1. The van der Waals surface area contributed by atoms with Crippen molar-refractivity contribution in [2.75, 3.05) is 19.5 Å². The average Bonchev–Trinajstić information content (AvgIpc) is 3.41. The topological polar surface area (TPSA) is 72.0 Å². The van der Waals surface area contributed by atoms with Crippen molar-refractivity contribution in [3.63, 3.8) is 0 Å². The molecular weight excluding hydrogens is 438 g/mol. The van der Waals surface area contributed by atoms with Crippen LogP contribution in [0.2, 0.25) is 0 Å². The minimum Gasteiger partial charge on any atom is -0.493 e. The highest BCUT2D eigenvalue weighted by Gasteiger charge is 2.37. The highest BCUT2D eigenvalue weighted by Crippen LogP contribution is 2.49. The number of hydrogen-bond acceptors (Lipinski definition) is 5. The van der Waals surface area contributed by atoms with Crippen molar-refractivity contribution in [2.45, 2.75) is 25.3 Å². The Bertz CT molecular complexity index is 1300. The zero-order valence-electron chi connectivity index (χ0n) is 20.1. The van der Waals surface area contributed by atoms with E-state index in [1.807, 2.05) is 13.0 Å². The first-order valence-corrected chi connectivity index (χ1v) is 11.8. The maximum atomic E-state index is 12.7. The molecule has 35 heavy (non-hydrogen) atoms. The van der Waals surface area contributed by atoms with Gasteiger partial charge >= 0.3 is 0 Å². The fourth-order valence-corrected chi connectivity index (χ4v) is 5.05. The summed E-state index contributed by atoms with van der Waals surface area (Å²) >= 11 is 0. The summed E-state index contributed by atoms with van der Waals surface area (Å²) in [5.41, 5.74) is 8.57. The molecule has 6 nitrogen and oxygen atoms in total. The number of carbonyl (C=O) groups excluding carboxylic acids is 1. The van der Waals surface area contributed by atoms with Gasteiger partial charge in [-0.2, -0.15) is 5.10 Å². The van der Waals surface area contributed by atoms with Crippen molar-refractivity contribution in [2.24, 2.45) is 11.0 Å². The number of nitrogens with zero attached hydrogens (tertiary/aromatic N) is 1. The van der Waals surface area contributed by atoms with Gasteiger partial charge in [-0.25, -0.2) is 5.43 Å². The number of hydrazone groups is 1. The average molecular weight is 468 g/mol. The number of ether oxygens (including phenoxy) is 2. The highest BCUT2D eigenvalue weighted by molar-refractivity contribution is 6.01. The molecule has 5 rings (SSSR count). The molecule has 2 aliphatic rings. The third-order valence-electron chi connectivity index (χ3n) is 6.91. The van der Waals surface area contributed by atoms with Crippen LogP contribution >= 0.6 is 0 Å². The molecule has 1 heterocycles. The minimum absolute atomic E-state index is 0.282. The van der Waals surface area contributed by atoms with Gasteiger partial charge in [0.1, 0.15) is 0 Å². The first-order chi connectivity index (χ1) is 17.1. The summed E-state index contributed by atoms with van der Waals surface area (Å²) in [6.45, 7) is 1.90. The standard InChI is InChI=1S/C29H29N3O3/c1-18(31-32-29(33)21-13-15-26(34-2)27(17-21)35-3)20-12-14-25-24(16-20)22-10-7-11-23(22)28(30-25)19-8-5-4-6-9-19/h4-10,12-17,22-23,28,30H,11H2,1-3H3,(H,32,33)/b31-18+/t22-,23+,28+/m1/s1. The maximum absolute atomic E-state index is 12.7. The molecule has 1 aliphatic carbocycles. The third-order valence-corrected chi connectivity index (χ3v) is 6.91. The summed E-state index contributed by atoms with van der Waals surface area (Å²) < 4.78 is 10.5. The number of nitrogens with one attached hydrogen (secondary N) is 2. The van der Waals surface area contributed by atoms with Crippen LogP contribution in [0, 0.1) is 5.92 Å². The Hall–Kier alpha value is -4.06. The summed E-state index contributed by atoms with van der Waals surface area (Å²) in [6.07, 6.45) is 5.67. The van der Waals surface area contributed by atoms with Crippen molar-refractivity contribution >= 4 is 17.3 Å². The van der Waals surface area contributed by atoms with E-state index in [1.54, 1.807) is 32.4 Å². The molecule has 6 heteroatoms. The predicted octanol–water partition coefficient (Wildman–Crippen LogP) is 5.68. The van der Waals surface area contributed by atoms with Crippen LogP contribution in [0.5, 0.6) is 11.5 Å². The van der Waals surface area contributed by atoms with E-state index in [-0.39, 0.29) is 11.9 Å². The number of hydrogen-bond donors (Lipinski definition) is 2. The van der Waals surface area contributed by atoms with Gasteiger partial charge in [0, 0.05) is 17.2 Å².